The monoisotopic (exact) mass is 276 g/mol. The number of aryl methyl sites for hydroxylation is 1. The number of nitrogens with zero attached hydrogens (tertiary/aromatic N) is 1. The van der Waals surface area contributed by atoms with Crippen LogP contribution >= 0.6 is 0 Å². The predicted molar refractivity (Wildman–Crippen MR) is 76.9 cm³/mol. The number of carbonyl (C=O) groups excluding carboxylic acids is 1. The molecule has 1 aromatic rings. The molecule has 0 radical (unpaired) electrons. The van der Waals surface area contributed by atoms with E-state index in [1.54, 1.807) is 0 Å². The molecule has 20 heavy (non-hydrogen) atoms. The van der Waals surface area contributed by atoms with Gasteiger partial charge in [-0.2, -0.15) is 0 Å². The van der Waals surface area contributed by atoms with Crippen molar-refractivity contribution in [2.75, 3.05) is 13.1 Å². The minimum atomic E-state index is -0.305. The van der Waals surface area contributed by atoms with Crippen molar-refractivity contribution in [3.05, 3.63) is 23.7 Å². The molecule has 110 valence electrons. The molecule has 4 heteroatoms. The standard InChI is InChI=1S/C16H24N2O2/c1-12-3-6-14(20-12)10-18-8-2-7-16(11-18,15(17)19)9-13-4-5-13/h3,6,13H,2,4-5,7-11H2,1H3,(H2,17,19). The molecule has 2 fully saturated rings. The predicted octanol–water partition coefficient (Wildman–Crippen LogP) is 2.46. The Balaban J connectivity index is 1.68. The largest absolute Gasteiger partial charge is 0.465 e. The van der Waals surface area contributed by atoms with Crippen molar-refractivity contribution < 1.29 is 9.21 Å². The molecule has 2 aliphatic rings. The molecular weight excluding hydrogens is 252 g/mol. The molecule has 1 saturated carbocycles. The summed E-state index contributed by atoms with van der Waals surface area (Å²) in [4.78, 5) is 14.3. The summed E-state index contributed by atoms with van der Waals surface area (Å²) in [5.41, 5.74) is 5.44. The van der Waals surface area contributed by atoms with Gasteiger partial charge in [-0.05, 0) is 50.8 Å². The van der Waals surface area contributed by atoms with E-state index in [0.29, 0.717) is 0 Å². The Bertz CT molecular complexity index is 492. The van der Waals surface area contributed by atoms with Crippen LogP contribution in [0.4, 0.5) is 0 Å². The van der Waals surface area contributed by atoms with Crippen LogP contribution in [0.1, 0.15) is 43.6 Å². The molecule has 1 amide bonds. The number of nitrogens with two attached hydrogens (primary N) is 1. The number of likely N-dealkylation sites (tertiary alicyclic amines) is 1. The fraction of sp³-hybridized carbons (Fsp3) is 0.688. The van der Waals surface area contributed by atoms with Crippen LogP contribution in [-0.2, 0) is 11.3 Å². The van der Waals surface area contributed by atoms with Crippen LogP contribution in [0.3, 0.4) is 0 Å². The van der Waals surface area contributed by atoms with Gasteiger partial charge in [0.1, 0.15) is 11.5 Å². The summed E-state index contributed by atoms with van der Waals surface area (Å²) in [5.74, 6) is 2.54. The van der Waals surface area contributed by atoms with Gasteiger partial charge < -0.3 is 10.2 Å². The average Bonchev–Trinajstić information content (AvgIpc) is 3.11. The fourth-order valence-electron chi connectivity index (χ4n) is 3.50. The van der Waals surface area contributed by atoms with E-state index in [9.17, 15) is 4.79 Å². The second-order valence-electron chi connectivity index (χ2n) is 6.62. The van der Waals surface area contributed by atoms with Crippen molar-refractivity contribution in [2.45, 2.75) is 45.6 Å². The zero-order valence-corrected chi connectivity index (χ0v) is 12.2. The van der Waals surface area contributed by atoms with E-state index >= 15 is 0 Å². The molecule has 0 aromatic carbocycles. The quantitative estimate of drug-likeness (QED) is 0.898. The van der Waals surface area contributed by atoms with Gasteiger partial charge in [0.05, 0.1) is 12.0 Å². The van der Waals surface area contributed by atoms with Crippen molar-refractivity contribution >= 4 is 5.91 Å². The molecule has 1 aliphatic carbocycles. The van der Waals surface area contributed by atoms with Crippen molar-refractivity contribution in [3.63, 3.8) is 0 Å². The molecule has 2 N–H and O–H groups in total. The van der Waals surface area contributed by atoms with E-state index in [1.165, 1.54) is 12.8 Å². The van der Waals surface area contributed by atoms with E-state index in [2.05, 4.69) is 4.90 Å². The van der Waals surface area contributed by atoms with Crippen LogP contribution in [0.15, 0.2) is 16.5 Å². The zero-order valence-electron chi connectivity index (χ0n) is 12.2. The summed E-state index contributed by atoms with van der Waals surface area (Å²) in [6.45, 7) is 4.56. The molecular formula is C16H24N2O2. The maximum absolute atomic E-state index is 12.0. The van der Waals surface area contributed by atoms with Crippen LogP contribution in [0.5, 0.6) is 0 Å². The lowest BCUT2D eigenvalue weighted by Gasteiger charge is -2.40. The van der Waals surface area contributed by atoms with Crippen molar-refractivity contribution in [2.24, 2.45) is 17.1 Å². The Morgan fingerprint density at radius 3 is 2.90 bits per heavy atom. The SMILES string of the molecule is Cc1ccc(CN2CCCC(CC3CC3)(C(N)=O)C2)o1. The van der Waals surface area contributed by atoms with Crippen LogP contribution in [-0.4, -0.2) is 23.9 Å². The summed E-state index contributed by atoms with van der Waals surface area (Å²) in [6, 6.07) is 4.02. The Hall–Kier alpha value is -1.29. The number of hydrogen-bond acceptors (Lipinski definition) is 3. The molecule has 1 atom stereocenters. The minimum absolute atomic E-state index is 0.107. The number of rotatable bonds is 5. The van der Waals surface area contributed by atoms with Gasteiger partial charge in [0.25, 0.3) is 0 Å². The Morgan fingerprint density at radius 2 is 2.30 bits per heavy atom. The van der Waals surface area contributed by atoms with Crippen LogP contribution in [0, 0.1) is 18.3 Å². The van der Waals surface area contributed by atoms with E-state index in [4.69, 9.17) is 10.2 Å². The summed E-state index contributed by atoms with van der Waals surface area (Å²) >= 11 is 0. The normalized spacial score (nSPS) is 27.6. The lowest BCUT2D eigenvalue weighted by Crippen LogP contribution is -2.50. The molecule has 0 bridgehead atoms. The zero-order chi connectivity index (χ0) is 14.2. The Morgan fingerprint density at radius 1 is 1.50 bits per heavy atom. The highest BCUT2D eigenvalue weighted by molar-refractivity contribution is 5.81. The van der Waals surface area contributed by atoms with E-state index in [1.807, 2.05) is 19.1 Å². The van der Waals surface area contributed by atoms with Crippen molar-refractivity contribution in [1.29, 1.82) is 0 Å². The second-order valence-corrected chi connectivity index (χ2v) is 6.62. The van der Waals surface area contributed by atoms with Crippen molar-refractivity contribution in [3.8, 4) is 0 Å². The Kier molecular flexibility index (Phi) is 3.59. The number of piperidine rings is 1. The van der Waals surface area contributed by atoms with Crippen LogP contribution in [0.2, 0.25) is 0 Å². The van der Waals surface area contributed by atoms with Gasteiger partial charge in [-0.1, -0.05) is 12.8 Å². The fourth-order valence-corrected chi connectivity index (χ4v) is 3.50. The summed E-state index contributed by atoms with van der Waals surface area (Å²) in [6.07, 6.45) is 5.52. The topological polar surface area (TPSA) is 59.5 Å². The van der Waals surface area contributed by atoms with Crippen LogP contribution in [0.25, 0.3) is 0 Å². The summed E-state index contributed by atoms with van der Waals surface area (Å²) < 4.78 is 5.65. The first-order chi connectivity index (χ1) is 9.57. The first-order valence-corrected chi connectivity index (χ1v) is 7.65. The Labute approximate surface area is 120 Å². The average molecular weight is 276 g/mol. The third-order valence-corrected chi connectivity index (χ3v) is 4.73. The first-order valence-electron chi connectivity index (χ1n) is 7.65. The summed E-state index contributed by atoms with van der Waals surface area (Å²) in [7, 11) is 0. The van der Waals surface area contributed by atoms with Gasteiger partial charge in [-0.25, -0.2) is 0 Å². The second kappa shape index (κ2) is 5.24. The molecule has 1 saturated heterocycles. The highest BCUT2D eigenvalue weighted by Gasteiger charge is 2.44. The minimum Gasteiger partial charge on any atom is -0.465 e. The highest BCUT2D eigenvalue weighted by Crippen LogP contribution is 2.44. The number of hydrogen-bond donors (Lipinski definition) is 1. The van der Waals surface area contributed by atoms with Gasteiger partial charge in [-0.3, -0.25) is 9.69 Å². The van der Waals surface area contributed by atoms with E-state index in [-0.39, 0.29) is 11.3 Å². The van der Waals surface area contributed by atoms with Gasteiger partial charge in [0.2, 0.25) is 5.91 Å². The van der Waals surface area contributed by atoms with Gasteiger partial charge in [0.15, 0.2) is 0 Å². The number of furan rings is 1. The third kappa shape index (κ3) is 2.90. The molecule has 4 nitrogen and oxygen atoms in total. The smallest absolute Gasteiger partial charge is 0.224 e. The molecule has 0 spiro atoms. The van der Waals surface area contributed by atoms with E-state index < -0.39 is 0 Å². The number of primary amides is 1. The first kappa shape index (κ1) is 13.7. The van der Waals surface area contributed by atoms with Crippen LogP contribution < -0.4 is 5.73 Å². The van der Waals surface area contributed by atoms with Gasteiger partial charge in [0, 0.05) is 6.54 Å². The third-order valence-electron chi connectivity index (χ3n) is 4.73. The van der Waals surface area contributed by atoms with E-state index in [0.717, 1.165) is 56.3 Å². The lowest BCUT2D eigenvalue weighted by atomic mass is 9.75. The maximum Gasteiger partial charge on any atom is 0.224 e. The molecule has 1 aromatic heterocycles. The number of amides is 1. The lowest BCUT2D eigenvalue weighted by molar-refractivity contribution is -0.132. The van der Waals surface area contributed by atoms with Gasteiger partial charge in [-0.15, -0.1) is 0 Å². The maximum atomic E-state index is 12.0. The highest BCUT2D eigenvalue weighted by atomic mass is 16.3. The summed E-state index contributed by atoms with van der Waals surface area (Å²) in [5, 5.41) is 0. The molecule has 1 aliphatic heterocycles. The van der Waals surface area contributed by atoms with Gasteiger partial charge >= 0.3 is 0 Å². The molecule has 3 rings (SSSR count). The van der Waals surface area contributed by atoms with Crippen molar-refractivity contribution in [1.82, 2.24) is 4.90 Å². The molecule has 2 heterocycles. The molecule has 1 unspecified atom stereocenters. The number of carbonyl (C=O) groups is 1.